The van der Waals surface area contributed by atoms with Crippen LogP contribution in [0.25, 0.3) is 0 Å². The van der Waals surface area contributed by atoms with E-state index in [-0.39, 0.29) is 9.79 Å². The number of hydrogen-bond donors (Lipinski definition) is 1. The van der Waals surface area contributed by atoms with Gasteiger partial charge >= 0.3 is 0 Å². The lowest BCUT2D eigenvalue weighted by atomic mass is 10.3. The van der Waals surface area contributed by atoms with Crippen LogP contribution in [0.2, 0.25) is 0 Å². The zero-order chi connectivity index (χ0) is 15.8. The minimum atomic E-state index is -3.69. The summed E-state index contributed by atoms with van der Waals surface area (Å²) >= 11 is 4.58. The first-order valence-electron chi connectivity index (χ1n) is 5.68. The number of nitrogens with one attached hydrogen (secondary N) is 1. The Hall–Kier alpha value is -0.900. The topological polar surface area (TPSA) is 80.3 Å². The van der Waals surface area contributed by atoms with Gasteiger partial charge in [0.2, 0.25) is 0 Å². The summed E-state index contributed by atoms with van der Waals surface area (Å²) in [6.45, 7) is 1.72. The lowest BCUT2D eigenvalue weighted by Crippen LogP contribution is -2.13. The second-order valence-corrected chi connectivity index (χ2v) is 10.7. The number of hydrogen-bond acceptors (Lipinski definition) is 5. The average molecular weight is 410 g/mol. The summed E-state index contributed by atoms with van der Waals surface area (Å²) in [5, 5.41) is 0. The first-order chi connectivity index (χ1) is 9.59. The predicted octanol–water partition coefficient (Wildman–Crippen LogP) is 3.02. The Balaban J connectivity index is 2.31. The molecule has 1 N–H and O–H groups in total. The summed E-state index contributed by atoms with van der Waals surface area (Å²) in [7, 11) is -6.99. The van der Waals surface area contributed by atoms with E-state index in [4.69, 9.17) is 0 Å². The minimum Gasteiger partial charge on any atom is -0.280 e. The van der Waals surface area contributed by atoms with E-state index in [1.807, 2.05) is 0 Å². The van der Waals surface area contributed by atoms with E-state index < -0.39 is 19.9 Å². The van der Waals surface area contributed by atoms with Crippen LogP contribution in [-0.2, 0) is 19.9 Å². The van der Waals surface area contributed by atoms with Gasteiger partial charge < -0.3 is 0 Å². The lowest BCUT2D eigenvalue weighted by molar-refractivity contribution is 0.600. The number of anilines is 1. The highest BCUT2D eigenvalue weighted by atomic mass is 79.9. The van der Waals surface area contributed by atoms with Crippen LogP contribution in [0.5, 0.6) is 0 Å². The number of sulfonamides is 1. The van der Waals surface area contributed by atoms with Gasteiger partial charge in [0.15, 0.2) is 9.84 Å². The molecule has 0 bridgehead atoms. The first-order valence-corrected chi connectivity index (χ1v) is 10.7. The molecule has 2 rings (SSSR count). The first kappa shape index (κ1) is 16.5. The lowest BCUT2D eigenvalue weighted by Gasteiger charge is -2.08. The summed E-state index contributed by atoms with van der Waals surface area (Å²) in [6.07, 6.45) is 1.10. The molecule has 0 saturated carbocycles. The van der Waals surface area contributed by atoms with E-state index in [0.717, 1.165) is 10.0 Å². The van der Waals surface area contributed by atoms with Crippen molar-refractivity contribution in [2.24, 2.45) is 0 Å². The van der Waals surface area contributed by atoms with Gasteiger partial charge in [0.1, 0.15) is 4.90 Å². The quantitative estimate of drug-likeness (QED) is 0.840. The highest BCUT2D eigenvalue weighted by Gasteiger charge is 2.19. The fourth-order valence-corrected chi connectivity index (χ4v) is 5.78. The van der Waals surface area contributed by atoms with Crippen LogP contribution in [0.1, 0.15) is 4.88 Å². The van der Waals surface area contributed by atoms with E-state index in [2.05, 4.69) is 20.7 Å². The van der Waals surface area contributed by atoms with Crippen molar-refractivity contribution >= 4 is 52.8 Å². The van der Waals surface area contributed by atoms with Crippen LogP contribution >= 0.6 is 27.3 Å². The summed E-state index contributed by atoms with van der Waals surface area (Å²) in [5.41, 5.74) is 0.309. The molecule has 2 aromatic rings. The summed E-state index contributed by atoms with van der Waals surface area (Å²) in [5.74, 6) is 0. The van der Waals surface area contributed by atoms with E-state index in [9.17, 15) is 16.8 Å². The van der Waals surface area contributed by atoms with E-state index >= 15 is 0 Å². The molecule has 5 nitrogen and oxygen atoms in total. The van der Waals surface area contributed by atoms with Crippen LogP contribution in [0, 0.1) is 6.92 Å². The maximum absolute atomic E-state index is 12.3. The molecule has 0 radical (unpaired) electrons. The van der Waals surface area contributed by atoms with Crippen molar-refractivity contribution in [1.82, 2.24) is 0 Å². The molecule has 1 aromatic carbocycles. The molecule has 0 amide bonds. The van der Waals surface area contributed by atoms with Crippen molar-refractivity contribution < 1.29 is 16.8 Å². The highest BCUT2D eigenvalue weighted by molar-refractivity contribution is 9.11. The highest BCUT2D eigenvalue weighted by Crippen LogP contribution is 2.30. The molecular weight excluding hydrogens is 398 g/mol. The SMILES string of the molecule is Cc1sc(Br)cc1S(=O)(=O)Nc1ccc(S(C)(=O)=O)cc1. The normalized spacial score (nSPS) is 12.3. The van der Waals surface area contributed by atoms with Crippen molar-refractivity contribution in [1.29, 1.82) is 0 Å². The van der Waals surface area contributed by atoms with Gasteiger partial charge in [-0.25, -0.2) is 16.8 Å². The third kappa shape index (κ3) is 3.85. The molecule has 0 unspecified atom stereocenters. The molecule has 0 aliphatic carbocycles. The van der Waals surface area contributed by atoms with Gasteiger partial charge in [0.05, 0.1) is 8.68 Å². The Morgan fingerprint density at radius 2 is 1.67 bits per heavy atom. The molecule has 0 aliphatic rings. The van der Waals surface area contributed by atoms with Crippen molar-refractivity contribution in [3.63, 3.8) is 0 Å². The molecule has 1 heterocycles. The van der Waals surface area contributed by atoms with E-state index in [1.165, 1.54) is 41.7 Å². The molecule has 0 fully saturated rings. The van der Waals surface area contributed by atoms with Crippen molar-refractivity contribution in [3.05, 3.63) is 39.0 Å². The smallest absolute Gasteiger partial charge is 0.263 e. The molecule has 1 aromatic heterocycles. The van der Waals surface area contributed by atoms with Gasteiger partial charge in [-0.1, -0.05) is 0 Å². The van der Waals surface area contributed by atoms with Crippen molar-refractivity contribution in [3.8, 4) is 0 Å². The van der Waals surface area contributed by atoms with Gasteiger partial charge in [0.25, 0.3) is 10.0 Å². The van der Waals surface area contributed by atoms with Crippen LogP contribution in [0.15, 0.2) is 43.9 Å². The van der Waals surface area contributed by atoms with Gasteiger partial charge in [-0.3, -0.25) is 4.72 Å². The second-order valence-electron chi connectivity index (χ2n) is 4.37. The number of sulfone groups is 1. The zero-order valence-corrected chi connectivity index (χ0v) is 15.2. The van der Waals surface area contributed by atoms with E-state index in [1.54, 1.807) is 6.92 Å². The fourth-order valence-electron chi connectivity index (χ4n) is 1.68. The molecule has 114 valence electrons. The standard InChI is InChI=1S/C12H12BrNO4S3/c1-8-11(7-12(13)19-8)21(17,18)14-9-3-5-10(6-4-9)20(2,15)16/h3-7,14H,1-2H3. The summed E-state index contributed by atoms with van der Waals surface area (Å²) in [6, 6.07) is 7.11. The van der Waals surface area contributed by atoms with Gasteiger partial charge in [-0.2, -0.15) is 0 Å². The molecule has 21 heavy (non-hydrogen) atoms. The molecule has 0 atom stereocenters. The monoisotopic (exact) mass is 409 g/mol. The number of thiophene rings is 1. The number of benzene rings is 1. The van der Waals surface area contributed by atoms with Crippen molar-refractivity contribution in [2.45, 2.75) is 16.7 Å². The Labute approximate surface area is 136 Å². The summed E-state index contributed by atoms with van der Waals surface area (Å²) in [4.78, 5) is 1.01. The van der Waals surface area contributed by atoms with E-state index in [0.29, 0.717) is 10.6 Å². The molecule has 9 heteroatoms. The summed E-state index contributed by atoms with van der Waals surface area (Å²) < 4.78 is 50.4. The molecular formula is C12H12BrNO4S3. The maximum atomic E-state index is 12.3. The van der Waals surface area contributed by atoms with Gasteiger partial charge in [0, 0.05) is 16.8 Å². The largest absolute Gasteiger partial charge is 0.280 e. The Bertz CT molecular complexity index is 868. The minimum absolute atomic E-state index is 0.139. The van der Waals surface area contributed by atoms with Crippen LogP contribution in [0.3, 0.4) is 0 Å². The average Bonchev–Trinajstić information content (AvgIpc) is 2.68. The zero-order valence-electron chi connectivity index (χ0n) is 11.1. The Morgan fingerprint density at radius 1 is 1.10 bits per heavy atom. The number of halogens is 1. The second kappa shape index (κ2) is 5.71. The Kier molecular flexibility index (Phi) is 4.48. The maximum Gasteiger partial charge on any atom is 0.263 e. The van der Waals surface area contributed by atoms with Crippen LogP contribution in [-0.4, -0.2) is 23.1 Å². The molecule has 0 saturated heterocycles. The predicted molar refractivity (Wildman–Crippen MR) is 87.1 cm³/mol. The van der Waals surface area contributed by atoms with Crippen molar-refractivity contribution in [2.75, 3.05) is 11.0 Å². The van der Waals surface area contributed by atoms with Gasteiger partial charge in [-0.05, 0) is 53.2 Å². The third-order valence-electron chi connectivity index (χ3n) is 2.67. The van der Waals surface area contributed by atoms with Crippen LogP contribution in [0.4, 0.5) is 5.69 Å². The number of aryl methyl sites for hydroxylation is 1. The molecule has 0 aliphatic heterocycles. The number of rotatable bonds is 4. The van der Waals surface area contributed by atoms with Gasteiger partial charge in [-0.15, -0.1) is 11.3 Å². The third-order valence-corrected chi connectivity index (χ3v) is 6.99. The Morgan fingerprint density at radius 3 is 2.10 bits per heavy atom. The van der Waals surface area contributed by atoms with Crippen LogP contribution < -0.4 is 4.72 Å². The molecule has 0 spiro atoms. The fraction of sp³-hybridized carbons (Fsp3) is 0.167.